The minimum Gasteiger partial charge on any atom is -0.463 e. The first-order valence-corrected chi connectivity index (χ1v) is 9.81. The van der Waals surface area contributed by atoms with E-state index in [1.807, 2.05) is 0 Å². The fraction of sp³-hybridized carbons (Fsp3) is 0.238. The number of halogens is 5. The Kier molecular flexibility index (Phi) is 7.05. The number of alkyl halides is 3. The molecule has 1 heterocycles. The van der Waals surface area contributed by atoms with Crippen molar-refractivity contribution in [3.8, 4) is 0 Å². The second-order valence-corrected chi connectivity index (χ2v) is 7.35. The van der Waals surface area contributed by atoms with Gasteiger partial charge in [0.1, 0.15) is 0 Å². The molecule has 1 unspecified atom stereocenters. The second-order valence-electron chi connectivity index (χ2n) is 7.35. The van der Waals surface area contributed by atoms with E-state index in [9.17, 15) is 36.6 Å². The van der Waals surface area contributed by atoms with Gasteiger partial charge in [0.25, 0.3) is 5.91 Å². The highest BCUT2D eigenvalue weighted by Gasteiger charge is 2.33. The van der Waals surface area contributed by atoms with E-state index in [0.717, 1.165) is 29.2 Å². The van der Waals surface area contributed by atoms with Crippen molar-refractivity contribution in [2.24, 2.45) is 0 Å². The van der Waals surface area contributed by atoms with Crippen LogP contribution in [0.3, 0.4) is 0 Å². The van der Waals surface area contributed by atoms with Gasteiger partial charge in [0.15, 0.2) is 17.5 Å². The fourth-order valence-corrected chi connectivity index (χ4v) is 3.33. The van der Waals surface area contributed by atoms with Crippen molar-refractivity contribution < 1.29 is 41.4 Å². The normalized spacial score (nSPS) is 12.4. The number of amides is 1. The van der Waals surface area contributed by atoms with Gasteiger partial charge < -0.3 is 9.84 Å². The van der Waals surface area contributed by atoms with Crippen molar-refractivity contribution in [2.45, 2.75) is 19.1 Å². The van der Waals surface area contributed by atoms with Gasteiger partial charge in [-0.3, -0.25) is 20.4 Å². The maximum absolute atomic E-state index is 13.5. The van der Waals surface area contributed by atoms with Gasteiger partial charge in [-0.05, 0) is 43.3 Å². The van der Waals surface area contributed by atoms with Crippen LogP contribution in [0, 0.1) is 17.0 Å². The van der Waals surface area contributed by atoms with Crippen molar-refractivity contribution >= 4 is 34.7 Å². The molecule has 2 aromatic carbocycles. The molecular weight excluding hydrogens is 481 g/mol. The van der Waals surface area contributed by atoms with Crippen LogP contribution in [-0.2, 0) is 10.9 Å². The van der Waals surface area contributed by atoms with E-state index < -0.39 is 52.9 Å². The number of carbonyl (C=O) groups excluding carboxylic acids is 1. The van der Waals surface area contributed by atoms with E-state index >= 15 is 0 Å². The Morgan fingerprint density at radius 2 is 1.89 bits per heavy atom. The van der Waals surface area contributed by atoms with Crippen LogP contribution in [0.4, 0.5) is 32.6 Å². The zero-order chi connectivity index (χ0) is 26.1. The minimum atomic E-state index is -4.75. The predicted octanol–water partition coefficient (Wildman–Crippen LogP) is 4.07. The molecule has 1 aromatic heterocycles. The van der Waals surface area contributed by atoms with Crippen LogP contribution in [0.1, 0.15) is 22.8 Å². The third-order valence-electron chi connectivity index (χ3n) is 4.90. The number of aromatic nitrogens is 2. The fourth-order valence-electron chi connectivity index (χ4n) is 3.33. The van der Waals surface area contributed by atoms with E-state index in [2.05, 4.69) is 10.4 Å². The van der Waals surface area contributed by atoms with Crippen LogP contribution in [0.5, 0.6) is 0 Å². The highest BCUT2D eigenvalue weighted by atomic mass is 19.4. The van der Waals surface area contributed by atoms with Crippen LogP contribution in [0.2, 0.25) is 0 Å². The summed E-state index contributed by atoms with van der Waals surface area (Å²) in [4.78, 5) is 25.2. The van der Waals surface area contributed by atoms with E-state index in [4.69, 9.17) is 10.1 Å². The Hall–Kier alpha value is -4.07. The van der Waals surface area contributed by atoms with Crippen molar-refractivity contribution in [2.75, 3.05) is 18.6 Å². The molecular formula is C21H18F5N5O4. The molecule has 0 fully saturated rings. The summed E-state index contributed by atoms with van der Waals surface area (Å²) in [5.74, 6) is -4.39. The van der Waals surface area contributed by atoms with Gasteiger partial charge in [-0.1, -0.05) is 0 Å². The molecule has 3 rings (SSSR count). The summed E-state index contributed by atoms with van der Waals surface area (Å²) in [7, 11) is 1.34. The Morgan fingerprint density at radius 1 is 1.20 bits per heavy atom. The van der Waals surface area contributed by atoms with Gasteiger partial charge in [-0.15, -0.1) is 5.10 Å². The lowest BCUT2D eigenvalue weighted by atomic mass is 10.1. The van der Waals surface area contributed by atoms with Gasteiger partial charge in [0.2, 0.25) is 5.96 Å². The number of guanidine groups is 1. The van der Waals surface area contributed by atoms with Crippen LogP contribution >= 0.6 is 0 Å². The van der Waals surface area contributed by atoms with Crippen molar-refractivity contribution in [1.82, 2.24) is 15.1 Å². The number of nitrogens with zero attached hydrogens (tertiary/aromatic N) is 3. The van der Waals surface area contributed by atoms with Gasteiger partial charge in [0, 0.05) is 18.1 Å². The maximum Gasteiger partial charge on any atom is 0.432 e. The summed E-state index contributed by atoms with van der Waals surface area (Å²) in [6.07, 6.45) is -6.44. The number of methoxy groups -OCH3 is 1. The van der Waals surface area contributed by atoms with E-state index in [0.29, 0.717) is 16.8 Å². The molecule has 1 amide bonds. The summed E-state index contributed by atoms with van der Waals surface area (Å²) < 4.78 is 71.7. The number of fused-ring (bicyclic) bond motifs is 1. The molecule has 0 saturated carbocycles. The van der Waals surface area contributed by atoms with Crippen molar-refractivity contribution in [1.29, 1.82) is 5.41 Å². The molecule has 3 aromatic rings. The minimum absolute atomic E-state index is 0.0600. The third-order valence-corrected chi connectivity index (χ3v) is 4.90. The summed E-state index contributed by atoms with van der Waals surface area (Å²) in [5, 5.41) is 23.8. The van der Waals surface area contributed by atoms with E-state index in [1.165, 1.54) is 14.0 Å². The predicted molar refractivity (Wildman–Crippen MR) is 114 cm³/mol. The third kappa shape index (κ3) is 5.21. The van der Waals surface area contributed by atoms with Crippen LogP contribution < -0.4 is 10.2 Å². The maximum atomic E-state index is 13.5. The molecule has 3 N–H and O–H groups in total. The van der Waals surface area contributed by atoms with Gasteiger partial charge >= 0.3 is 12.3 Å². The number of nitrogens with one attached hydrogen (secondary N) is 2. The number of rotatable bonds is 5. The van der Waals surface area contributed by atoms with Crippen LogP contribution in [0.25, 0.3) is 10.9 Å². The molecule has 0 aliphatic rings. The van der Waals surface area contributed by atoms with Crippen molar-refractivity contribution in [3.63, 3.8) is 0 Å². The number of carbonyl (C=O) groups is 2. The zero-order valence-corrected chi connectivity index (χ0v) is 18.2. The first-order chi connectivity index (χ1) is 16.3. The highest BCUT2D eigenvalue weighted by Crippen LogP contribution is 2.35. The topological polar surface area (TPSA) is 121 Å². The average molecular weight is 499 g/mol. The van der Waals surface area contributed by atoms with Crippen LogP contribution in [-0.4, -0.2) is 52.6 Å². The number of hydrogen-bond donors (Lipinski definition) is 3. The van der Waals surface area contributed by atoms with Gasteiger partial charge in [-0.2, -0.15) is 17.9 Å². The molecule has 0 radical (unpaired) electrons. The Labute approximate surface area is 194 Å². The number of hydrogen-bond acceptors (Lipinski definition) is 5. The molecule has 0 aliphatic carbocycles. The molecule has 186 valence electrons. The lowest BCUT2D eigenvalue weighted by molar-refractivity contribution is -0.137. The summed E-state index contributed by atoms with van der Waals surface area (Å²) in [5.41, 5.74) is -1.84. The SMILES string of the molecule is COCC(C)N(C(=N)NC(=O)c1ccc(F)c(F)c1)c1nn(C(=O)O)c2cc(C(F)(F)F)ccc12. The van der Waals surface area contributed by atoms with E-state index in [1.54, 1.807) is 0 Å². The smallest absolute Gasteiger partial charge is 0.432 e. The lowest BCUT2D eigenvalue weighted by Gasteiger charge is -2.29. The summed E-state index contributed by atoms with van der Waals surface area (Å²) in [6, 6.07) is 3.87. The second kappa shape index (κ2) is 9.66. The highest BCUT2D eigenvalue weighted by molar-refractivity contribution is 6.12. The Balaban J connectivity index is 2.09. The largest absolute Gasteiger partial charge is 0.463 e. The molecule has 0 aliphatic heterocycles. The monoisotopic (exact) mass is 499 g/mol. The molecule has 0 saturated heterocycles. The summed E-state index contributed by atoms with van der Waals surface area (Å²) >= 11 is 0. The van der Waals surface area contributed by atoms with Gasteiger partial charge in [0.05, 0.1) is 23.7 Å². The molecule has 1 atom stereocenters. The Morgan fingerprint density at radius 3 is 2.46 bits per heavy atom. The number of ether oxygens (including phenoxy) is 1. The molecule has 0 spiro atoms. The first-order valence-electron chi connectivity index (χ1n) is 9.81. The number of anilines is 1. The molecule has 14 heteroatoms. The quantitative estimate of drug-likeness (QED) is 0.277. The number of benzene rings is 2. The van der Waals surface area contributed by atoms with Crippen LogP contribution in [0.15, 0.2) is 36.4 Å². The zero-order valence-electron chi connectivity index (χ0n) is 18.2. The standard InChI is InChI=1S/C21H18F5N5O4/c1-10(9-35-2)30(19(27)28-18(32)11-3-6-14(22)15(23)7-11)17-13-5-4-12(21(24,25)26)8-16(13)31(29-17)20(33)34/h3-8,10H,9H2,1-2H3,(H,33,34)(H2,27,28,32). The van der Waals surface area contributed by atoms with E-state index in [-0.39, 0.29) is 23.4 Å². The molecule has 9 nitrogen and oxygen atoms in total. The Bertz CT molecular complexity index is 1310. The molecule has 35 heavy (non-hydrogen) atoms. The average Bonchev–Trinajstić information content (AvgIpc) is 3.14. The van der Waals surface area contributed by atoms with Gasteiger partial charge in [-0.25, -0.2) is 13.6 Å². The van der Waals surface area contributed by atoms with Crippen molar-refractivity contribution in [3.05, 3.63) is 59.2 Å². The summed E-state index contributed by atoms with van der Waals surface area (Å²) in [6.45, 7) is 1.46. The first kappa shape index (κ1) is 25.6. The molecule has 0 bridgehead atoms. The lowest BCUT2D eigenvalue weighted by Crippen LogP contribution is -2.49. The number of carboxylic acid groups (broad SMARTS) is 1.